The molecule has 0 aromatic heterocycles. The van der Waals surface area contributed by atoms with Gasteiger partial charge in [0.25, 0.3) is 0 Å². The standard InChI is InChI=1S/C15H24N2S/c1-11-8-13(9-12(2)16)4-5-15(11)17(3)14-6-7-18-10-14/h4-5,8,12,14H,6-7,9-10,16H2,1-3H3. The molecule has 2 rings (SSSR count). The van der Waals surface area contributed by atoms with E-state index in [2.05, 4.69) is 55.8 Å². The van der Waals surface area contributed by atoms with E-state index >= 15 is 0 Å². The molecule has 2 N–H and O–H groups in total. The van der Waals surface area contributed by atoms with Crippen molar-refractivity contribution in [1.29, 1.82) is 0 Å². The first-order chi connectivity index (χ1) is 8.58. The lowest BCUT2D eigenvalue weighted by atomic mass is 10.0. The van der Waals surface area contributed by atoms with Crippen LogP contribution in [0.4, 0.5) is 5.69 Å². The Labute approximate surface area is 115 Å². The van der Waals surface area contributed by atoms with Crippen molar-refractivity contribution in [1.82, 2.24) is 0 Å². The fourth-order valence-corrected chi connectivity index (χ4v) is 3.90. The Kier molecular flexibility index (Phi) is 4.57. The first-order valence-electron chi connectivity index (χ1n) is 6.73. The zero-order chi connectivity index (χ0) is 13.1. The minimum absolute atomic E-state index is 0.235. The van der Waals surface area contributed by atoms with Crippen molar-refractivity contribution in [2.75, 3.05) is 23.5 Å². The molecule has 2 nitrogen and oxygen atoms in total. The van der Waals surface area contributed by atoms with E-state index in [-0.39, 0.29) is 6.04 Å². The zero-order valence-corrected chi connectivity index (χ0v) is 12.5. The van der Waals surface area contributed by atoms with Gasteiger partial charge in [0.15, 0.2) is 0 Å². The van der Waals surface area contributed by atoms with Crippen LogP contribution < -0.4 is 10.6 Å². The maximum absolute atomic E-state index is 5.86. The van der Waals surface area contributed by atoms with Crippen LogP contribution in [0.2, 0.25) is 0 Å². The normalized spacial score (nSPS) is 21.0. The van der Waals surface area contributed by atoms with Gasteiger partial charge in [-0.2, -0.15) is 11.8 Å². The molecule has 0 bridgehead atoms. The molecule has 0 saturated carbocycles. The third kappa shape index (κ3) is 3.21. The molecule has 2 unspecified atom stereocenters. The van der Waals surface area contributed by atoms with Gasteiger partial charge in [0.05, 0.1) is 0 Å². The van der Waals surface area contributed by atoms with E-state index in [1.165, 1.54) is 34.7 Å². The van der Waals surface area contributed by atoms with Crippen molar-refractivity contribution >= 4 is 17.4 Å². The summed E-state index contributed by atoms with van der Waals surface area (Å²) in [6.07, 6.45) is 2.27. The van der Waals surface area contributed by atoms with Gasteiger partial charge < -0.3 is 10.6 Å². The van der Waals surface area contributed by atoms with Crippen molar-refractivity contribution in [2.24, 2.45) is 5.73 Å². The van der Waals surface area contributed by atoms with Gasteiger partial charge in [-0.25, -0.2) is 0 Å². The van der Waals surface area contributed by atoms with Gasteiger partial charge in [-0.15, -0.1) is 0 Å². The number of nitrogens with zero attached hydrogens (tertiary/aromatic N) is 1. The van der Waals surface area contributed by atoms with Crippen molar-refractivity contribution < 1.29 is 0 Å². The van der Waals surface area contributed by atoms with Crippen molar-refractivity contribution in [3.63, 3.8) is 0 Å². The first kappa shape index (κ1) is 13.8. The molecular formula is C15H24N2S. The molecule has 0 radical (unpaired) electrons. The van der Waals surface area contributed by atoms with Crippen molar-refractivity contribution in [2.45, 2.75) is 38.8 Å². The summed E-state index contributed by atoms with van der Waals surface area (Å²) >= 11 is 2.06. The third-order valence-electron chi connectivity index (χ3n) is 3.65. The molecule has 0 aliphatic carbocycles. The minimum atomic E-state index is 0.235. The third-order valence-corrected chi connectivity index (χ3v) is 4.80. The number of anilines is 1. The van der Waals surface area contributed by atoms with E-state index in [1.54, 1.807) is 0 Å². The molecule has 100 valence electrons. The van der Waals surface area contributed by atoms with Crippen LogP contribution in [0.5, 0.6) is 0 Å². The molecule has 0 spiro atoms. The van der Waals surface area contributed by atoms with Crippen LogP contribution >= 0.6 is 11.8 Å². The van der Waals surface area contributed by atoms with Crippen LogP contribution in [-0.2, 0) is 6.42 Å². The molecule has 1 aliphatic heterocycles. The Morgan fingerprint density at radius 3 is 2.83 bits per heavy atom. The first-order valence-corrected chi connectivity index (χ1v) is 7.89. The van der Waals surface area contributed by atoms with E-state index in [0.29, 0.717) is 6.04 Å². The second-order valence-corrected chi connectivity index (χ2v) is 6.58. The summed E-state index contributed by atoms with van der Waals surface area (Å²) in [4.78, 5) is 2.45. The topological polar surface area (TPSA) is 29.3 Å². The van der Waals surface area contributed by atoms with Gasteiger partial charge in [-0.1, -0.05) is 12.1 Å². The summed E-state index contributed by atoms with van der Waals surface area (Å²) < 4.78 is 0. The van der Waals surface area contributed by atoms with E-state index in [4.69, 9.17) is 5.73 Å². The number of rotatable bonds is 4. The summed E-state index contributed by atoms with van der Waals surface area (Å²) in [5, 5.41) is 0. The highest BCUT2D eigenvalue weighted by atomic mass is 32.2. The summed E-state index contributed by atoms with van der Waals surface area (Å²) in [5.41, 5.74) is 9.95. The zero-order valence-electron chi connectivity index (χ0n) is 11.6. The number of thioether (sulfide) groups is 1. The fraction of sp³-hybridized carbons (Fsp3) is 0.600. The van der Waals surface area contributed by atoms with Crippen LogP contribution in [-0.4, -0.2) is 30.6 Å². The lowest BCUT2D eigenvalue weighted by molar-refractivity contribution is 0.697. The van der Waals surface area contributed by atoms with Gasteiger partial charge in [0.2, 0.25) is 0 Å². The van der Waals surface area contributed by atoms with E-state index in [0.717, 1.165) is 6.42 Å². The highest BCUT2D eigenvalue weighted by molar-refractivity contribution is 7.99. The highest BCUT2D eigenvalue weighted by Gasteiger charge is 2.21. The van der Waals surface area contributed by atoms with Crippen LogP contribution in [0.1, 0.15) is 24.5 Å². The number of aryl methyl sites for hydroxylation is 1. The maximum Gasteiger partial charge on any atom is 0.0396 e. The summed E-state index contributed by atoms with van der Waals surface area (Å²) in [5.74, 6) is 2.56. The Morgan fingerprint density at radius 2 is 2.28 bits per heavy atom. The van der Waals surface area contributed by atoms with Crippen LogP contribution in [0.25, 0.3) is 0 Å². The lowest BCUT2D eigenvalue weighted by Gasteiger charge is -2.28. The fourth-order valence-electron chi connectivity index (χ4n) is 2.64. The Hall–Kier alpha value is -0.670. The van der Waals surface area contributed by atoms with Gasteiger partial charge in [0.1, 0.15) is 0 Å². The molecule has 1 saturated heterocycles. The molecule has 18 heavy (non-hydrogen) atoms. The number of hydrogen-bond acceptors (Lipinski definition) is 3. The lowest BCUT2D eigenvalue weighted by Crippen LogP contribution is -2.31. The predicted octanol–water partition coefficient (Wildman–Crippen LogP) is 2.83. The van der Waals surface area contributed by atoms with Gasteiger partial charge in [-0.3, -0.25) is 0 Å². The van der Waals surface area contributed by atoms with Crippen LogP contribution in [0, 0.1) is 6.92 Å². The second kappa shape index (κ2) is 5.98. The molecule has 2 atom stereocenters. The van der Waals surface area contributed by atoms with Gasteiger partial charge >= 0.3 is 0 Å². The molecule has 3 heteroatoms. The Morgan fingerprint density at radius 1 is 1.50 bits per heavy atom. The van der Waals surface area contributed by atoms with Gasteiger partial charge in [0, 0.05) is 30.6 Å². The molecule has 1 heterocycles. The van der Waals surface area contributed by atoms with Gasteiger partial charge in [-0.05, 0) is 49.6 Å². The van der Waals surface area contributed by atoms with E-state index in [9.17, 15) is 0 Å². The largest absolute Gasteiger partial charge is 0.371 e. The average Bonchev–Trinajstić information content (AvgIpc) is 2.80. The molecular weight excluding hydrogens is 240 g/mol. The van der Waals surface area contributed by atoms with Crippen molar-refractivity contribution in [3.05, 3.63) is 29.3 Å². The monoisotopic (exact) mass is 264 g/mol. The molecule has 1 aliphatic rings. The number of nitrogens with two attached hydrogens (primary N) is 1. The minimum Gasteiger partial charge on any atom is -0.371 e. The summed E-state index contributed by atoms with van der Waals surface area (Å²) in [6.45, 7) is 4.27. The highest BCUT2D eigenvalue weighted by Crippen LogP contribution is 2.28. The summed E-state index contributed by atoms with van der Waals surface area (Å²) in [6, 6.07) is 7.71. The SMILES string of the molecule is Cc1cc(CC(C)N)ccc1N(C)C1CCSC1. The summed E-state index contributed by atoms with van der Waals surface area (Å²) in [7, 11) is 2.23. The Bertz CT molecular complexity index is 397. The smallest absolute Gasteiger partial charge is 0.0396 e. The number of benzene rings is 1. The van der Waals surface area contributed by atoms with Crippen molar-refractivity contribution in [3.8, 4) is 0 Å². The van der Waals surface area contributed by atoms with Crippen LogP contribution in [0.15, 0.2) is 18.2 Å². The number of hydrogen-bond donors (Lipinski definition) is 1. The quantitative estimate of drug-likeness (QED) is 0.907. The average molecular weight is 264 g/mol. The Balaban J connectivity index is 2.13. The molecule has 1 aromatic carbocycles. The molecule has 0 amide bonds. The molecule has 1 aromatic rings. The maximum atomic E-state index is 5.86. The second-order valence-electron chi connectivity index (χ2n) is 5.43. The van der Waals surface area contributed by atoms with Crippen LogP contribution in [0.3, 0.4) is 0 Å². The molecule has 1 fully saturated rings. The van der Waals surface area contributed by atoms with E-state index in [1.807, 2.05) is 0 Å². The van der Waals surface area contributed by atoms with E-state index < -0.39 is 0 Å². The predicted molar refractivity (Wildman–Crippen MR) is 82.7 cm³/mol.